The van der Waals surface area contributed by atoms with Crippen molar-refractivity contribution >= 4 is 17.8 Å². The number of rotatable bonds is 6. The summed E-state index contributed by atoms with van der Waals surface area (Å²) in [5.74, 6) is -2.71. The second kappa shape index (κ2) is 8.87. The number of nitrogens with one attached hydrogen (secondary N) is 1. The molecular formula is C22H24N2O5. The molecule has 0 aliphatic carbocycles. The fourth-order valence-corrected chi connectivity index (χ4v) is 3.85. The standard InChI is InChI=1S/C22H24N2O5/c1-14(25)24-13-17(26)12-18(24)21(27)23-20(22(28)29)19(15-8-4-2-5-9-15)16-10-6-3-7-11-16/h2-11,17-20,26H,12-13H2,1H3,(H,23,27)(H,28,29)/t17-,18+,20+/m1/s1. The van der Waals surface area contributed by atoms with Gasteiger partial charge >= 0.3 is 5.97 Å². The number of likely N-dealkylation sites (tertiary alicyclic amines) is 1. The Labute approximate surface area is 169 Å². The molecule has 0 bridgehead atoms. The minimum atomic E-state index is -1.24. The summed E-state index contributed by atoms with van der Waals surface area (Å²) in [6, 6.07) is 16.1. The Morgan fingerprint density at radius 3 is 1.97 bits per heavy atom. The molecule has 1 saturated heterocycles. The number of aliphatic carboxylic acids is 1. The molecule has 2 amide bonds. The van der Waals surface area contributed by atoms with Crippen LogP contribution in [0.1, 0.15) is 30.4 Å². The number of hydrogen-bond acceptors (Lipinski definition) is 4. The van der Waals surface area contributed by atoms with Gasteiger partial charge in [-0.3, -0.25) is 9.59 Å². The lowest BCUT2D eigenvalue weighted by Crippen LogP contribution is -2.52. The van der Waals surface area contributed by atoms with Crippen molar-refractivity contribution in [2.75, 3.05) is 6.54 Å². The zero-order valence-corrected chi connectivity index (χ0v) is 16.1. The number of aliphatic hydroxyl groups is 1. The third-order valence-electron chi connectivity index (χ3n) is 5.20. The maximum atomic E-state index is 12.9. The first-order valence-electron chi connectivity index (χ1n) is 9.47. The smallest absolute Gasteiger partial charge is 0.327 e. The summed E-state index contributed by atoms with van der Waals surface area (Å²) in [5, 5.41) is 22.4. The highest BCUT2D eigenvalue weighted by Gasteiger charge is 2.40. The molecule has 0 aromatic heterocycles. The molecule has 0 radical (unpaired) electrons. The Hall–Kier alpha value is -3.19. The molecule has 1 aliphatic heterocycles. The number of benzene rings is 2. The Morgan fingerprint density at radius 1 is 1.00 bits per heavy atom. The summed E-state index contributed by atoms with van der Waals surface area (Å²) in [6.45, 7) is 1.38. The van der Waals surface area contributed by atoms with E-state index in [-0.39, 0.29) is 18.9 Å². The molecule has 2 aromatic rings. The van der Waals surface area contributed by atoms with Crippen molar-refractivity contribution in [3.63, 3.8) is 0 Å². The van der Waals surface area contributed by atoms with E-state index in [1.54, 1.807) is 0 Å². The first-order chi connectivity index (χ1) is 13.9. The van der Waals surface area contributed by atoms with Crippen molar-refractivity contribution in [3.8, 4) is 0 Å². The lowest BCUT2D eigenvalue weighted by atomic mass is 9.84. The van der Waals surface area contributed by atoms with E-state index in [2.05, 4.69) is 5.32 Å². The van der Waals surface area contributed by atoms with Crippen LogP contribution in [0.4, 0.5) is 0 Å². The summed E-state index contributed by atoms with van der Waals surface area (Å²) >= 11 is 0. The fraction of sp³-hybridized carbons (Fsp3) is 0.318. The zero-order chi connectivity index (χ0) is 21.0. The minimum absolute atomic E-state index is 0.0615. The highest BCUT2D eigenvalue weighted by molar-refractivity contribution is 5.91. The molecule has 0 spiro atoms. The Morgan fingerprint density at radius 2 is 1.52 bits per heavy atom. The van der Waals surface area contributed by atoms with E-state index in [4.69, 9.17) is 0 Å². The number of hydrogen-bond donors (Lipinski definition) is 3. The van der Waals surface area contributed by atoms with Crippen LogP contribution in [0.15, 0.2) is 60.7 Å². The third kappa shape index (κ3) is 4.63. The summed E-state index contributed by atoms with van der Waals surface area (Å²) in [6.07, 6.45) is -0.726. The number of carboxylic acid groups (broad SMARTS) is 1. The first-order valence-corrected chi connectivity index (χ1v) is 9.47. The van der Waals surface area contributed by atoms with Gasteiger partial charge in [0.15, 0.2) is 0 Å². The van der Waals surface area contributed by atoms with Gasteiger partial charge in [-0.15, -0.1) is 0 Å². The normalized spacial score (nSPS) is 19.8. The molecule has 1 heterocycles. The van der Waals surface area contributed by atoms with E-state index >= 15 is 0 Å². The highest BCUT2D eigenvalue weighted by atomic mass is 16.4. The lowest BCUT2D eigenvalue weighted by Gasteiger charge is -2.29. The molecule has 1 fully saturated rings. The van der Waals surface area contributed by atoms with Gasteiger partial charge in [0.1, 0.15) is 12.1 Å². The predicted molar refractivity (Wildman–Crippen MR) is 106 cm³/mol. The molecule has 3 atom stereocenters. The van der Waals surface area contributed by atoms with E-state index in [0.29, 0.717) is 0 Å². The molecule has 29 heavy (non-hydrogen) atoms. The van der Waals surface area contributed by atoms with Crippen LogP contribution in [0.2, 0.25) is 0 Å². The predicted octanol–water partition coefficient (Wildman–Crippen LogP) is 1.37. The summed E-state index contributed by atoms with van der Waals surface area (Å²) in [5.41, 5.74) is 1.50. The van der Waals surface area contributed by atoms with Crippen molar-refractivity contribution in [1.29, 1.82) is 0 Å². The van der Waals surface area contributed by atoms with Gasteiger partial charge in [-0.2, -0.15) is 0 Å². The van der Waals surface area contributed by atoms with Gasteiger partial charge in [-0.1, -0.05) is 60.7 Å². The quantitative estimate of drug-likeness (QED) is 0.684. The topological polar surface area (TPSA) is 107 Å². The van der Waals surface area contributed by atoms with E-state index in [1.807, 2.05) is 60.7 Å². The third-order valence-corrected chi connectivity index (χ3v) is 5.20. The van der Waals surface area contributed by atoms with Crippen molar-refractivity contribution < 1.29 is 24.6 Å². The van der Waals surface area contributed by atoms with Crippen LogP contribution >= 0.6 is 0 Å². The van der Waals surface area contributed by atoms with Crippen molar-refractivity contribution in [2.45, 2.75) is 37.5 Å². The Bertz CT molecular complexity index is 832. The Balaban J connectivity index is 1.93. The minimum Gasteiger partial charge on any atom is -0.480 e. The second-order valence-corrected chi connectivity index (χ2v) is 7.20. The van der Waals surface area contributed by atoms with Crippen molar-refractivity contribution in [3.05, 3.63) is 71.8 Å². The van der Waals surface area contributed by atoms with E-state index in [0.717, 1.165) is 11.1 Å². The number of nitrogens with zero attached hydrogens (tertiary/aromatic N) is 1. The van der Waals surface area contributed by atoms with E-state index in [1.165, 1.54) is 11.8 Å². The summed E-state index contributed by atoms with van der Waals surface area (Å²) in [4.78, 5) is 38.2. The molecule has 1 aliphatic rings. The van der Waals surface area contributed by atoms with Crippen LogP contribution in [-0.4, -0.2) is 57.6 Å². The molecule has 0 unspecified atom stereocenters. The SMILES string of the molecule is CC(=O)N1C[C@H](O)C[C@H]1C(=O)N[C@H](C(=O)O)C(c1ccccc1)c1ccccc1. The fourth-order valence-electron chi connectivity index (χ4n) is 3.85. The number of amides is 2. The van der Waals surface area contributed by atoms with Crippen LogP contribution in [-0.2, 0) is 14.4 Å². The van der Waals surface area contributed by atoms with Crippen LogP contribution in [0, 0.1) is 0 Å². The molecule has 7 heteroatoms. The number of carboxylic acids is 1. The average Bonchev–Trinajstić information content (AvgIpc) is 3.11. The first kappa shape index (κ1) is 20.5. The molecule has 3 rings (SSSR count). The molecule has 2 aromatic carbocycles. The van der Waals surface area contributed by atoms with Crippen LogP contribution < -0.4 is 5.32 Å². The number of carbonyl (C=O) groups is 3. The molecule has 7 nitrogen and oxygen atoms in total. The van der Waals surface area contributed by atoms with Crippen molar-refractivity contribution in [1.82, 2.24) is 10.2 Å². The number of β-amino-alcohol motifs (C(OH)–C–C–N with tert-alkyl or cyclic N) is 1. The second-order valence-electron chi connectivity index (χ2n) is 7.20. The monoisotopic (exact) mass is 396 g/mol. The van der Waals surface area contributed by atoms with Crippen LogP contribution in [0.25, 0.3) is 0 Å². The zero-order valence-electron chi connectivity index (χ0n) is 16.1. The lowest BCUT2D eigenvalue weighted by molar-refractivity contribution is -0.143. The van der Waals surface area contributed by atoms with Crippen LogP contribution in [0.3, 0.4) is 0 Å². The van der Waals surface area contributed by atoms with Gasteiger partial charge < -0.3 is 20.4 Å². The average molecular weight is 396 g/mol. The van der Waals surface area contributed by atoms with Crippen molar-refractivity contribution in [2.24, 2.45) is 0 Å². The number of aliphatic hydroxyl groups excluding tert-OH is 1. The van der Waals surface area contributed by atoms with Crippen LogP contribution in [0.5, 0.6) is 0 Å². The molecule has 152 valence electrons. The van der Waals surface area contributed by atoms with Gasteiger partial charge in [0.25, 0.3) is 0 Å². The van der Waals surface area contributed by atoms with E-state index < -0.39 is 36.0 Å². The maximum absolute atomic E-state index is 12.9. The highest BCUT2D eigenvalue weighted by Crippen LogP contribution is 2.29. The molecule has 3 N–H and O–H groups in total. The molecular weight excluding hydrogens is 372 g/mol. The summed E-state index contributed by atoms with van der Waals surface area (Å²) in [7, 11) is 0. The number of carbonyl (C=O) groups excluding carboxylic acids is 2. The van der Waals surface area contributed by atoms with E-state index in [9.17, 15) is 24.6 Å². The summed E-state index contributed by atoms with van der Waals surface area (Å²) < 4.78 is 0. The van der Waals surface area contributed by atoms with Gasteiger partial charge in [-0.05, 0) is 11.1 Å². The van der Waals surface area contributed by atoms with Gasteiger partial charge in [0, 0.05) is 25.8 Å². The maximum Gasteiger partial charge on any atom is 0.327 e. The van der Waals surface area contributed by atoms with Gasteiger partial charge in [0.05, 0.1) is 6.10 Å². The molecule has 0 saturated carbocycles. The van der Waals surface area contributed by atoms with Gasteiger partial charge in [-0.25, -0.2) is 4.79 Å². The largest absolute Gasteiger partial charge is 0.480 e. The van der Waals surface area contributed by atoms with Gasteiger partial charge in [0.2, 0.25) is 11.8 Å². The Kier molecular flexibility index (Phi) is 6.29.